The van der Waals surface area contributed by atoms with Gasteiger partial charge in [0, 0.05) is 6.04 Å². The molecule has 0 spiro atoms. The first-order valence-electron chi connectivity index (χ1n) is 7.29. The van der Waals surface area contributed by atoms with Crippen molar-refractivity contribution in [3.05, 3.63) is 0 Å². The molecule has 0 heterocycles. The lowest BCUT2D eigenvalue weighted by Gasteiger charge is -2.20. The quantitative estimate of drug-likeness (QED) is 0.672. The molecule has 0 bridgehead atoms. The van der Waals surface area contributed by atoms with Gasteiger partial charge in [-0.15, -0.1) is 0 Å². The van der Waals surface area contributed by atoms with Gasteiger partial charge in [-0.25, -0.2) is 9.59 Å². The van der Waals surface area contributed by atoms with Crippen LogP contribution >= 0.6 is 0 Å². The van der Waals surface area contributed by atoms with E-state index in [2.05, 4.69) is 10.6 Å². The third kappa shape index (κ3) is 6.45. The number of carbonyl (C=O) groups is 2. The fraction of sp³-hybridized carbons (Fsp3) is 0.857. The monoisotopic (exact) mass is 270 g/mol. The zero-order valence-corrected chi connectivity index (χ0v) is 11.9. The second kappa shape index (κ2) is 8.02. The molecule has 19 heavy (non-hydrogen) atoms. The molecule has 0 aromatic heterocycles. The molecule has 0 radical (unpaired) electrons. The van der Waals surface area contributed by atoms with Crippen LogP contribution in [0.2, 0.25) is 0 Å². The minimum atomic E-state index is -0.968. The molecule has 1 saturated carbocycles. The third-order valence-electron chi connectivity index (χ3n) is 3.50. The van der Waals surface area contributed by atoms with E-state index >= 15 is 0 Å². The summed E-state index contributed by atoms with van der Waals surface area (Å²) in [5, 5.41) is 14.5. The summed E-state index contributed by atoms with van der Waals surface area (Å²) in [7, 11) is 0. The molecule has 0 saturated heterocycles. The molecule has 2 amide bonds. The van der Waals surface area contributed by atoms with Crippen molar-refractivity contribution in [3.63, 3.8) is 0 Å². The van der Waals surface area contributed by atoms with E-state index in [1.165, 1.54) is 12.8 Å². The fourth-order valence-electron chi connectivity index (χ4n) is 2.50. The number of carboxylic acids is 1. The molecule has 0 aromatic carbocycles. The number of hydrogen-bond acceptors (Lipinski definition) is 2. The van der Waals surface area contributed by atoms with Crippen molar-refractivity contribution in [2.75, 3.05) is 0 Å². The van der Waals surface area contributed by atoms with Crippen molar-refractivity contribution >= 4 is 12.0 Å². The highest BCUT2D eigenvalue weighted by atomic mass is 16.4. The summed E-state index contributed by atoms with van der Waals surface area (Å²) in [5.41, 5.74) is 0. The first-order valence-corrected chi connectivity index (χ1v) is 7.29. The first-order chi connectivity index (χ1) is 8.99. The van der Waals surface area contributed by atoms with Crippen LogP contribution in [0.15, 0.2) is 0 Å². The molecule has 5 heteroatoms. The summed E-state index contributed by atoms with van der Waals surface area (Å²) in [6, 6.07) is -0.957. The predicted molar refractivity (Wildman–Crippen MR) is 74.0 cm³/mol. The van der Waals surface area contributed by atoms with Gasteiger partial charge in [-0.2, -0.15) is 0 Å². The Balaban J connectivity index is 2.40. The van der Waals surface area contributed by atoms with Crippen LogP contribution in [0.1, 0.15) is 58.8 Å². The van der Waals surface area contributed by atoms with Crippen LogP contribution in [0.4, 0.5) is 4.79 Å². The number of rotatable bonds is 5. The van der Waals surface area contributed by atoms with E-state index < -0.39 is 12.0 Å². The van der Waals surface area contributed by atoms with Gasteiger partial charge >= 0.3 is 12.0 Å². The molecule has 1 atom stereocenters. The van der Waals surface area contributed by atoms with Gasteiger partial charge in [-0.05, 0) is 25.2 Å². The summed E-state index contributed by atoms with van der Waals surface area (Å²) in [6.45, 7) is 3.89. The molecule has 3 N–H and O–H groups in total. The lowest BCUT2D eigenvalue weighted by Crippen LogP contribution is -2.49. The van der Waals surface area contributed by atoms with Crippen LogP contribution in [-0.2, 0) is 4.79 Å². The molecule has 0 unspecified atom stereocenters. The first kappa shape index (κ1) is 15.8. The number of aliphatic carboxylic acids is 1. The Hall–Kier alpha value is -1.26. The minimum Gasteiger partial charge on any atom is -0.480 e. The van der Waals surface area contributed by atoms with Gasteiger partial charge in [0.05, 0.1) is 0 Å². The fourth-order valence-corrected chi connectivity index (χ4v) is 2.50. The van der Waals surface area contributed by atoms with Gasteiger partial charge in [0.15, 0.2) is 0 Å². The van der Waals surface area contributed by atoms with Crippen molar-refractivity contribution in [2.24, 2.45) is 5.92 Å². The highest BCUT2D eigenvalue weighted by Gasteiger charge is 2.22. The van der Waals surface area contributed by atoms with Crippen molar-refractivity contribution < 1.29 is 14.7 Å². The van der Waals surface area contributed by atoms with Gasteiger partial charge in [0.2, 0.25) is 0 Å². The number of hydrogen-bond donors (Lipinski definition) is 3. The molecule has 1 aliphatic rings. The largest absolute Gasteiger partial charge is 0.480 e. The average molecular weight is 270 g/mol. The van der Waals surface area contributed by atoms with E-state index in [4.69, 9.17) is 5.11 Å². The molecule has 1 aliphatic carbocycles. The molecule has 0 aliphatic heterocycles. The van der Waals surface area contributed by atoms with E-state index in [9.17, 15) is 9.59 Å². The summed E-state index contributed by atoms with van der Waals surface area (Å²) < 4.78 is 0. The Morgan fingerprint density at radius 2 is 1.74 bits per heavy atom. The van der Waals surface area contributed by atoms with Crippen molar-refractivity contribution in [2.45, 2.75) is 70.9 Å². The Morgan fingerprint density at radius 1 is 1.16 bits per heavy atom. The summed E-state index contributed by atoms with van der Waals surface area (Å²) in [6.07, 6.45) is 7.17. The second-order valence-electron chi connectivity index (χ2n) is 5.83. The number of carbonyl (C=O) groups excluding carboxylic acids is 1. The summed E-state index contributed by atoms with van der Waals surface area (Å²) in [5.74, 6) is -0.732. The van der Waals surface area contributed by atoms with E-state index in [0.29, 0.717) is 6.42 Å². The van der Waals surface area contributed by atoms with Crippen LogP contribution in [0, 0.1) is 5.92 Å². The molecule has 1 rings (SSSR count). The zero-order chi connectivity index (χ0) is 14.3. The van der Waals surface area contributed by atoms with Crippen LogP contribution < -0.4 is 10.6 Å². The maximum Gasteiger partial charge on any atom is 0.326 e. The van der Waals surface area contributed by atoms with Crippen molar-refractivity contribution in [1.29, 1.82) is 0 Å². The van der Waals surface area contributed by atoms with E-state index in [1.54, 1.807) is 0 Å². The molecule has 0 aromatic rings. The lowest BCUT2D eigenvalue weighted by molar-refractivity contribution is -0.139. The van der Waals surface area contributed by atoms with Crippen molar-refractivity contribution in [3.8, 4) is 0 Å². The van der Waals surface area contributed by atoms with Gasteiger partial charge in [-0.3, -0.25) is 0 Å². The van der Waals surface area contributed by atoms with Gasteiger partial charge in [0.1, 0.15) is 6.04 Å². The van der Waals surface area contributed by atoms with E-state index in [-0.39, 0.29) is 18.0 Å². The SMILES string of the molecule is CC(C)C[C@@H](NC(=O)NC1CCCCCC1)C(=O)O. The number of amides is 2. The Kier molecular flexibility index (Phi) is 6.67. The van der Waals surface area contributed by atoms with Gasteiger partial charge in [-0.1, -0.05) is 39.5 Å². The van der Waals surface area contributed by atoms with Crippen LogP contribution in [-0.4, -0.2) is 29.2 Å². The maximum atomic E-state index is 11.8. The molecule has 5 nitrogen and oxygen atoms in total. The van der Waals surface area contributed by atoms with E-state index in [0.717, 1.165) is 25.7 Å². The number of carboxylic acid groups (broad SMARTS) is 1. The maximum absolute atomic E-state index is 11.8. The second-order valence-corrected chi connectivity index (χ2v) is 5.83. The molecular formula is C14H26N2O3. The Bertz CT molecular complexity index is 297. The minimum absolute atomic E-state index is 0.191. The molecule has 1 fully saturated rings. The topological polar surface area (TPSA) is 78.4 Å². The smallest absolute Gasteiger partial charge is 0.326 e. The van der Waals surface area contributed by atoms with Gasteiger partial charge in [0.25, 0.3) is 0 Å². The zero-order valence-electron chi connectivity index (χ0n) is 11.9. The van der Waals surface area contributed by atoms with Crippen LogP contribution in [0.3, 0.4) is 0 Å². The number of nitrogens with one attached hydrogen (secondary N) is 2. The molecular weight excluding hydrogens is 244 g/mol. The normalized spacial score (nSPS) is 18.7. The number of urea groups is 1. The standard InChI is InChI=1S/C14H26N2O3/c1-10(2)9-12(13(17)18)16-14(19)15-11-7-5-3-4-6-8-11/h10-12H,3-9H2,1-2H3,(H,17,18)(H2,15,16,19)/t12-/m1/s1. The third-order valence-corrected chi connectivity index (χ3v) is 3.50. The average Bonchev–Trinajstić information content (AvgIpc) is 2.56. The Labute approximate surface area is 115 Å². The highest BCUT2D eigenvalue weighted by molar-refractivity contribution is 5.82. The Morgan fingerprint density at radius 3 is 2.21 bits per heavy atom. The van der Waals surface area contributed by atoms with Gasteiger partial charge < -0.3 is 15.7 Å². The van der Waals surface area contributed by atoms with Crippen LogP contribution in [0.5, 0.6) is 0 Å². The summed E-state index contributed by atoms with van der Waals surface area (Å²) >= 11 is 0. The summed E-state index contributed by atoms with van der Waals surface area (Å²) in [4.78, 5) is 22.9. The lowest BCUT2D eigenvalue weighted by atomic mass is 10.0. The molecule has 110 valence electrons. The van der Waals surface area contributed by atoms with E-state index in [1.807, 2.05) is 13.8 Å². The predicted octanol–water partition coefficient (Wildman–Crippen LogP) is 2.51. The van der Waals surface area contributed by atoms with Crippen molar-refractivity contribution in [1.82, 2.24) is 10.6 Å². The van der Waals surface area contributed by atoms with Crippen LogP contribution in [0.25, 0.3) is 0 Å². The highest BCUT2D eigenvalue weighted by Crippen LogP contribution is 2.17.